The Morgan fingerprint density at radius 3 is 2.73 bits per heavy atom. The van der Waals surface area contributed by atoms with Gasteiger partial charge in [0.1, 0.15) is 0 Å². The Hall–Kier alpha value is -1.58. The second-order valence-corrected chi connectivity index (χ2v) is 4.71. The number of nitrogens with zero attached hydrogens (tertiary/aromatic N) is 1. The molecule has 0 aromatic carbocycles. The summed E-state index contributed by atoms with van der Waals surface area (Å²) in [7, 11) is 0. The zero-order chi connectivity index (χ0) is 11.5. The molecule has 0 atom stereocenters. The normalized spacial score (nSPS) is 11.1. The molecule has 0 fully saturated rings. The van der Waals surface area contributed by atoms with Crippen LogP contribution in [0.3, 0.4) is 0 Å². The third kappa shape index (κ3) is 3.58. The van der Waals surface area contributed by atoms with Gasteiger partial charge in [-0.05, 0) is 11.5 Å². The van der Waals surface area contributed by atoms with E-state index in [0.717, 1.165) is 0 Å². The number of nitrogens with two attached hydrogens (primary N) is 1. The van der Waals surface area contributed by atoms with Crippen LogP contribution in [-0.2, 0) is 0 Å². The van der Waals surface area contributed by atoms with Crippen molar-refractivity contribution in [2.45, 2.75) is 20.8 Å². The van der Waals surface area contributed by atoms with Crippen LogP contribution >= 0.6 is 0 Å². The van der Waals surface area contributed by atoms with Gasteiger partial charge in [-0.1, -0.05) is 20.8 Å². The topological polar surface area (TPSA) is 68.0 Å². The largest absolute Gasteiger partial charge is 0.398 e. The van der Waals surface area contributed by atoms with Gasteiger partial charge in [0.25, 0.3) is 5.91 Å². The van der Waals surface area contributed by atoms with Gasteiger partial charge in [0, 0.05) is 24.6 Å². The number of hydrogen-bond donors (Lipinski definition) is 2. The summed E-state index contributed by atoms with van der Waals surface area (Å²) in [6, 6.07) is 1.62. The number of carbonyl (C=O) groups is 1. The summed E-state index contributed by atoms with van der Waals surface area (Å²) >= 11 is 0. The van der Waals surface area contributed by atoms with Gasteiger partial charge in [0.2, 0.25) is 0 Å². The molecule has 82 valence electrons. The van der Waals surface area contributed by atoms with Gasteiger partial charge >= 0.3 is 0 Å². The molecule has 4 heteroatoms. The van der Waals surface area contributed by atoms with E-state index in [1.807, 2.05) is 0 Å². The number of rotatable bonds is 2. The number of pyridine rings is 1. The van der Waals surface area contributed by atoms with E-state index in [-0.39, 0.29) is 11.3 Å². The van der Waals surface area contributed by atoms with Crippen molar-refractivity contribution in [1.82, 2.24) is 10.3 Å². The first-order valence-electron chi connectivity index (χ1n) is 4.88. The number of nitrogen functional groups attached to an aromatic ring is 1. The molecule has 4 nitrogen and oxygen atoms in total. The number of anilines is 1. The Morgan fingerprint density at radius 1 is 1.53 bits per heavy atom. The lowest BCUT2D eigenvalue weighted by molar-refractivity contribution is 0.0940. The molecule has 1 aromatic heterocycles. The smallest absolute Gasteiger partial charge is 0.254 e. The molecule has 0 aliphatic rings. The Bertz CT molecular complexity index is 355. The van der Waals surface area contributed by atoms with Crippen molar-refractivity contribution >= 4 is 11.6 Å². The molecule has 1 heterocycles. The summed E-state index contributed by atoms with van der Waals surface area (Å²) in [6.07, 6.45) is 3.04. The highest BCUT2D eigenvalue weighted by molar-refractivity contribution is 5.98. The molecule has 1 amide bonds. The highest BCUT2D eigenvalue weighted by Gasteiger charge is 2.14. The van der Waals surface area contributed by atoms with E-state index in [2.05, 4.69) is 31.1 Å². The van der Waals surface area contributed by atoms with Crippen molar-refractivity contribution in [3.8, 4) is 0 Å². The quantitative estimate of drug-likeness (QED) is 0.771. The van der Waals surface area contributed by atoms with Gasteiger partial charge in [-0.25, -0.2) is 0 Å². The number of nitrogens with one attached hydrogen (secondary N) is 1. The maximum Gasteiger partial charge on any atom is 0.254 e. The zero-order valence-corrected chi connectivity index (χ0v) is 9.37. The van der Waals surface area contributed by atoms with Gasteiger partial charge in [0.15, 0.2) is 0 Å². The third-order valence-electron chi connectivity index (χ3n) is 1.88. The van der Waals surface area contributed by atoms with Gasteiger partial charge in [-0.2, -0.15) is 0 Å². The van der Waals surface area contributed by atoms with Crippen molar-refractivity contribution in [1.29, 1.82) is 0 Å². The van der Waals surface area contributed by atoms with Crippen LogP contribution in [0.4, 0.5) is 5.69 Å². The van der Waals surface area contributed by atoms with Crippen molar-refractivity contribution in [2.24, 2.45) is 5.41 Å². The second-order valence-electron chi connectivity index (χ2n) is 4.71. The average molecular weight is 207 g/mol. The molecular formula is C11H17N3O. The third-order valence-corrected chi connectivity index (χ3v) is 1.88. The summed E-state index contributed by atoms with van der Waals surface area (Å²) in [5.41, 5.74) is 6.61. The van der Waals surface area contributed by atoms with E-state index in [1.54, 1.807) is 12.3 Å². The Kier molecular flexibility index (Phi) is 3.29. The standard InChI is InChI=1S/C11H17N3O/c1-11(2,3)7-14-10(15)8-6-13-5-4-9(8)12/h4-6H,7H2,1-3H3,(H2,12,13)(H,14,15). The maximum absolute atomic E-state index is 11.7. The fourth-order valence-corrected chi connectivity index (χ4v) is 1.04. The van der Waals surface area contributed by atoms with Crippen LogP contribution in [0.5, 0.6) is 0 Å². The van der Waals surface area contributed by atoms with Gasteiger partial charge in [-0.15, -0.1) is 0 Å². The molecule has 0 spiro atoms. The van der Waals surface area contributed by atoms with Crippen LogP contribution in [0.1, 0.15) is 31.1 Å². The molecule has 1 aromatic rings. The maximum atomic E-state index is 11.7. The van der Waals surface area contributed by atoms with Gasteiger partial charge in [-0.3, -0.25) is 9.78 Å². The van der Waals surface area contributed by atoms with E-state index in [4.69, 9.17) is 5.73 Å². The highest BCUT2D eigenvalue weighted by atomic mass is 16.1. The zero-order valence-electron chi connectivity index (χ0n) is 9.37. The van der Waals surface area contributed by atoms with E-state index < -0.39 is 0 Å². The average Bonchev–Trinajstić information content (AvgIpc) is 2.14. The van der Waals surface area contributed by atoms with Crippen molar-refractivity contribution in [3.63, 3.8) is 0 Å². The lowest BCUT2D eigenvalue weighted by Crippen LogP contribution is -2.32. The Labute approximate surface area is 89.9 Å². The van der Waals surface area contributed by atoms with Crippen LogP contribution in [0.25, 0.3) is 0 Å². The molecule has 0 aliphatic carbocycles. The number of hydrogen-bond acceptors (Lipinski definition) is 3. The minimum atomic E-state index is -0.171. The first kappa shape index (κ1) is 11.5. The fraction of sp³-hybridized carbons (Fsp3) is 0.455. The first-order chi connectivity index (χ1) is 6.90. The van der Waals surface area contributed by atoms with Gasteiger partial charge in [0.05, 0.1) is 5.56 Å². The molecule has 15 heavy (non-hydrogen) atoms. The molecule has 0 aliphatic heterocycles. The van der Waals surface area contributed by atoms with Crippen LogP contribution in [0.15, 0.2) is 18.5 Å². The fourth-order valence-electron chi connectivity index (χ4n) is 1.04. The molecule has 0 saturated carbocycles. The summed E-state index contributed by atoms with van der Waals surface area (Å²) < 4.78 is 0. The monoisotopic (exact) mass is 207 g/mol. The summed E-state index contributed by atoms with van der Waals surface area (Å²) in [4.78, 5) is 15.6. The summed E-state index contributed by atoms with van der Waals surface area (Å²) in [5, 5.41) is 2.82. The number of carbonyl (C=O) groups excluding carboxylic acids is 1. The van der Waals surface area contributed by atoms with Gasteiger partial charge < -0.3 is 11.1 Å². The predicted octanol–water partition coefficient (Wildman–Crippen LogP) is 1.44. The van der Waals surface area contributed by atoms with E-state index in [0.29, 0.717) is 17.8 Å². The van der Waals surface area contributed by atoms with Crippen LogP contribution in [0, 0.1) is 5.41 Å². The number of aromatic nitrogens is 1. The Balaban J connectivity index is 2.66. The molecule has 3 N–H and O–H groups in total. The van der Waals surface area contributed by atoms with E-state index in [9.17, 15) is 4.79 Å². The minimum Gasteiger partial charge on any atom is -0.398 e. The van der Waals surface area contributed by atoms with Crippen molar-refractivity contribution in [2.75, 3.05) is 12.3 Å². The first-order valence-corrected chi connectivity index (χ1v) is 4.88. The molecular weight excluding hydrogens is 190 g/mol. The summed E-state index contributed by atoms with van der Waals surface area (Å²) in [5.74, 6) is -0.171. The molecule has 1 rings (SSSR count). The second kappa shape index (κ2) is 4.29. The van der Waals surface area contributed by atoms with E-state index in [1.165, 1.54) is 6.20 Å². The molecule has 0 unspecified atom stereocenters. The Morgan fingerprint density at radius 2 is 2.20 bits per heavy atom. The predicted molar refractivity (Wildman–Crippen MR) is 60.4 cm³/mol. The molecule has 0 radical (unpaired) electrons. The van der Waals surface area contributed by atoms with E-state index >= 15 is 0 Å². The lowest BCUT2D eigenvalue weighted by atomic mass is 9.97. The summed E-state index contributed by atoms with van der Waals surface area (Å²) in [6.45, 7) is 6.78. The molecule has 0 bridgehead atoms. The SMILES string of the molecule is CC(C)(C)CNC(=O)c1cnccc1N. The van der Waals surface area contributed by atoms with Crippen molar-refractivity contribution < 1.29 is 4.79 Å². The highest BCUT2D eigenvalue weighted by Crippen LogP contribution is 2.12. The van der Waals surface area contributed by atoms with Crippen LogP contribution < -0.4 is 11.1 Å². The minimum absolute atomic E-state index is 0.0621. The number of amides is 1. The van der Waals surface area contributed by atoms with Crippen molar-refractivity contribution in [3.05, 3.63) is 24.0 Å². The lowest BCUT2D eigenvalue weighted by Gasteiger charge is -2.18. The van der Waals surface area contributed by atoms with Crippen LogP contribution in [-0.4, -0.2) is 17.4 Å². The molecule has 0 saturated heterocycles. The van der Waals surface area contributed by atoms with Crippen LogP contribution in [0.2, 0.25) is 0 Å².